The quantitative estimate of drug-likeness (QED) is 0.285. The molecule has 2 rings (SSSR count). The Balaban J connectivity index is 2.46. The second kappa shape index (κ2) is 3.29. The Labute approximate surface area is 81.0 Å². The average Bonchev–Trinajstić information content (AvgIpc) is 2.44. The third kappa shape index (κ3) is 1.37. The molecule has 3 nitrogen and oxygen atoms in total. The van der Waals surface area contributed by atoms with Crippen molar-refractivity contribution in [3.63, 3.8) is 0 Å². The summed E-state index contributed by atoms with van der Waals surface area (Å²) in [6.07, 6.45) is 0.793. The van der Waals surface area contributed by atoms with Crippen LogP contribution in [0.3, 0.4) is 0 Å². The van der Waals surface area contributed by atoms with Crippen molar-refractivity contribution in [3.05, 3.63) is 45.8 Å². The van der Waals surface area contributed by atoms with Crippen LogP contribution in [0.25, 0.3) is 10.4 Å². The molecule has 0 saturated carbocycles. The monoisotopic (exact) mass is 193 g/mol. The number of hydrogen-bond donors (Lipinski definition) is 0. The van der Waals surface area contributed by atoms with Gasteiger partial charge in [0.15, 0.2) is 0 Å². The van der Waals surface area contributed by atoms with Gasteiger partial charge in [-0.2, -0.15) is 0 Å². The second-order valence-corrected chi connectivity index (χ2v) is 3.63. The molecule has 0 saturated heterocycles. The number of fused-ring (bicyclic) bond motifs is 1. The predicted octanol–water partition coefficient (Wildman–Crippen LogP) is 3.20. The van der Waals surface area contributed by atoms with Gasteiger partial charge in [-0.15, -0.1) is 11.6 Å². The Morgan fingerprint density at radius 2 is 2.23 bits per heavy atom. The number of rotatable bonds is 1. The van der Waals surface area contributed by atoms with Gasteiger partial charge in [-0.25, -0.2) is 0 Å². The van der Waals surface area contributed by atoms with Crippen molar-refractivity contribution in [2.24, 2.45) is 5.11 Å². The fourth-order valence-corrected chi connectivity index (χ4v) is 2.07. The molecule has 2 atom stereocenters. The van der Waals surface area contributed by atoms with Crippen LogP contribution in [-0.4, -0.2) is 5.38 Å². The molecule has 0 amide bonds. The Bertz CT molecular complexity index is 371. The van der Waals surface area contributed by atoms with Gasteiger partial charge in [0.25, 0.3) is 0 Å². The molecule has 0 fully saturated rings. The summed E-state index contributed by atoms with van der Waals surface area (Å²) in [5.74, 6) is 0. The van der Waals surface area contributed by atoms with Gasteiger partial charge < -0.3 is 0 Å². The van der Waals surface area contributed by atoms with Crippen LogP contribution in [0.5, 0.6) is 0 Å². The molecule has 0 bridgehead atoms. The first-order chi connectivity index (χ1) is 6.33. The second-order valence-electron chi connectivity index (χ2n) is 3.07. The van der Waals surface area contributed by atoms with Crippen LogP contribution in [0.15, 0.2) is 29.4 Å². The first-order valence-electron chi connectivity index (χ1n) is 4.09. The minimum absolute atomic E-state index is 0.0895. The van der Waals surface area contributed by atoms with E-state index in [0.717, 1.165) is 12.0 Å². The molecule has 0 spiro atoms. The molecule has 1 aliphatic carbocycles. The van der Waals surface area contributed by atoms with Gasteiger partial charge in [-0.1, -0.05) is 29.4 Å². The SMILES string of the molecule is [N-]=[N+]=NC1c2ccccc2CC1Cl. The van der Waals surface area contributed by atoms with Crippen molar-refractivity contribution < 1.29 is 0 Å². The molecule has 0 heterocycles. The highest BCUT2D eigenvalue weighted by Gasteiger charge is 2.29. The van der Waals surface area contributed by atoms with Gasteiger partial charge >= 0.3 is 0 Å². The first kappa shape index (κ1) is 8.42. The van der Waals surface area contributed by atoms with Crippen molar-refractivity contribution in [3.8, 4) is 0 Å². The van der Waals surface area contributed by atoms with E-state index in [1.54, 1.807) is 0 Å². The van der Waals surface area contributed by atoms with Gasteiger partial charge in [-0.3, -0.25) is 0 Å². The summed E-state index contributed by atoms with van der Waals surface area (Å²) in [5.41, 5.74) is 10.6. The average molecular weight is 194 g/mol. The molecule has 4 heteroatoms. The molecule has 1 aliphatic rings. The van der Waals surface area contributed by atoms with Gasteiger partial charge in [0.1, 0.15) is 0 Å². The van der Waals surface area contributed by atoms with Gasteiger partial charge in [0.05, 0.1) is 11.4 Å². The topological polar surface area (TPSA) is 48.8 Å². The zero-order valence-corrected chi connectivity index (χ0v) is 7.65. The molecule has 0 aliphatic heterocycles. The van der Waals surface area contributed by atoms with Crippen LogP contribution in [0.2, 0.25) is 0 Å². The minimum atomic E-state index is -0.192. The maximum Gasteiger partial charge on any atom is 0.0794 e. The van der Waals surface area contributed by atoms with E-state index in [-0.39, 0.29) is 11.4 Å². The number of benzene rings is 1. The van der Waals surface area contributed by atoms with E-state index in [2.05, 4.69) is 10.0 Å². The molecular formula is C9H8ClN3. The highest BCUT2D eigenvalue weighted by molar-refractivity contribution is 6.21. The normalized spacial score (nSPS) is 25.0. The molecular weight excluding hydrogens is 186 g/mol. The predicted molar refractivity (Wildman–Crippen MR) is 51.7 cm³/mol. The van der Waals surface area contributed by atoms with Gasteiger partial charge in [0, 0.05) is 4.91 Å². The van der Waals surface area contributed by atoms with Crippen molar-refractivity contribution in [1.29, 1.82) is 0 Å². The number of alkyl halides is 1. The minimum Gasteiger partial charge on any atom is -0.122 e. The lowest BCUT2D eigenvalue weighted by molar-refractivity contribution is 0.716. The molecule has 1 aromatic carbocycles. The van der Waals surface area contributed by atoms with Crippen molar-refractivity contribution in [2.75, 3.05) is 0 Å². The third-order valence-corrected chi connectivity index (χ3v) is 2.70. The lowest BCUT2D eigenvalue weighted by atomic mass is 10.1. The van der Waals surface area contributed by atoms with Gasteiger partial charge in [0.2, 0.25) is 0 Å². The van der Waals surface area contributed by atoms with Crippen LogP contribution < -0.4 is 0 Å². The fraction of sp³-hybridized carbons (Fsp3) is 0.333. The Morgan fingerprint density at radius 3 is 3.00 bits per heavy atom. The van der Waals surface area contributed by atoms with E-state index in [4.69, 9.17) is 17.1 Å². The van der Waals surface area contributed by atoms with Crippen molar-refractivity contribution >= 4 is 11.6 Å². The summed E-state index contributed by atoms with van der Waals surface area (Å²) in [5, 5.41) is 3.61. The first-order valence-corrected chi connectivity index (χ1v) is 4.52. The molecule has 0 aromatic heterocycles. The zero-order chi connectivity index (χ0) is 9.26. The highest BCUT2D eigenvalue weighted by Crippen LogP contribution is 2.37. The van der Waals surface area contributed by atoms with Crippen molar-refractivity contribution in [2.45, 2.75) is 17.8 Å². The summed E-state index contributed by atoms with van der Waals surface area (Å²) in [6.45, 7) is 0. The summed E-state index contributed by atoms with van der Waals surface area (Å²) < 4.78 is 0. The molecule has 13 heavy (non-hydrogen) atoms. The third-order valence-electron chi connectivity index (χ3n) is 2.31. The van der Waals surface area contributed by atoms with E-state index in [1.165, 1.54) is 5.56 Å². The van der Waals surface area contributed by atoms with Crippen LogP contribution in [-0.2, 0) is 6.42 Å². The molecule has 0 radical (unpaired) electrons. The van der Waals surface area contributed by atoms with Crippen LogP contribution >= 0.6 is 11.6 Å². The van der Waals surface area contributed by atoms with E-state index in [0.29, 0.717) is 0 Å². The standard InChI is InChI=1S/C9H8ClN3/c10-8-5-6-3-1-2-4-7(6)9(8)12-13-11/h1-4,8-9H,5H2. The Kier molecular flexibility index (Phi) is 2.13. The van der Waals surface area contributed by atoms with Crippen LogP contribution in [0.1, 0.15) is 17.2 Å². The molecule has 1 aromatic rings. The van der Waals surface area contributed by atoms with E-state index in [1.807, 2.05) is 24.3 Å². The Morgan fingerprint density at radius 1 is 1.46 bits per heavy atom. The smallest absolute Gasteiger partial charge is 0.0794 e. The van der Waals surface area contributed by atoms with Crippen molar-refractivity contribution in [1.82, 2.24) is 0 Å². The van der Waals surface area contributed by atoms with E-state index in [9.17, 15) is 0 Å². The summed E-state index contributed by atoms with van der Waals surface area (Å²) in [7, 11) is 0. The summed E-state index contributed by atoms with van der Waals surface area (Å²) in [4.78, 5) is 2.81. The Hall–Kier alpha value is -1.18. The molecule has 66 valence electrons. The van der Waals surface area contributed by atoms with E-state index < -0.39 is 0 Å². The number of halogens is 1. The van der Waals surface area contributed by atoms with Crippen LogP contribution in [0, 0.1) is 0 Å². The number of hydrogen-bond acceptors (Lipinski definition) is 1. The lowest BCUT2D eigenvalue weighted by Crippen LogP contribution is -2.02. The molecule has 0 N–H and O–H groups in total. The summed E-state index contributed by atoms with van der Waals surface area (Å²) in [6, 6.07) is 7.71. The number of azide groups is 1. The largest absolute Gasteiger partial charge is 0.122 e. The molecule has 2 unspecified atom stereocenters. The maximum atomic E-state index is 8.37. The maximum absolute atomic E-state index is 8.37. The number of nitrogens with zero attached hydrogens (tertiary/aromatic N) is 3. The fourth-order valence-electron chi connectivity index (χ4n) is 1.72. The zero-order valence-electron chi connectivity index (χ0n) is 6.89. The lowest BCUT2D eigenvalue weighted by Gasteiger charge is -2.06. The highest BCUT2D eigenvalue weighted by atomic mass is 35.5. The summed E-state index contributed by atoms with van der Waals surface area (Å²) >= 11 is 6.06. The van der Waals surface area contributed by atoms with E-state index >= 15 is 0 Å². The van der Waals surface area contributed by atoms with Gasteiger partial charge in [-0.05, 0) is 23.1 Å². The van der Waals surface area contributed by atoms with Crippen LogP contribution in [0.4, 0.5) is 0 Å².